The van der Waals surface area contributed by atoms with Gasteiger partial charge in [-0.1, -0.05) is 42.0 Å². The smallest absolute Gasteiger partial charge is 0.0695 e. The summed E-state index contributed by atoms with van der Waals surface area (Å²) in [7, 11) is 0. The molecule has 1 aromatic heterocycles. The zero-order valence-electron chi connectivity index (χ0n) is 12.0. The highest BCUT2D eigenvalue weighted by molar-refractivity contribution is 5.62. The van der Waals surface area contributed by atoms with Gasteiger partial charge in [0.15, 0.2) is 0 Å². The number of nitrogens with zero attached hydrogens (tertiary/aromatic N) is 2. The Balaban J connectivity index is 2.21. The van der Waals surface area contributed by atoms with E-state index in [-0.39, 0.29) is 0 Å². The summed E-state index contributed by atoms with van der Waals surface area (Å²) in [5, 5.41) is 7.29. The standard InChI is InChI=1S/C17H21N3/c1-4-10-20(11-5-2)13-16-12-18-19-17(16)15-8-6-14(3)7-9-15/h4-9,12H,1-2,10-11,13H2,3H3,(H,18,19). The zero-order valence-corrected chi connectivity index (χ0v) is 12.0. The molecule has 1 N–H and O–H groups in total. The van der Waals surface area contributed by atoms with Crippen LogP contribution in [0.1, 0.15) is 11.1 Å². The average molecular weight is 267 g/mol. The van der Waals surface area contributed by atoms with Crippen LogP contribution in [0.15, 0.2) is 55.8 Å². The fourth-order valence-corrected chi connectivity index (χ4v) is 2.21. The molecule has 0 atom stereocenters. The number of aryl methyl sites for hydroxylation is 1. The van der Waals surface area contributed by atoms with Gasteiger partial charge in [-0.05, 0) is 12.5 Å². The van der Waals surface area contributed by atoms with Crippen LogP contribution in [0, 0.1) is 6.92 Å². The predicted molar refractivity (Wildman–Crippen MR) is 84.4 cm³/mol. The van der Waals surface area contributed by atoms with E-state index >= 15 is 0 Å². The third kappa shape index (κ3) is 3.45. The van der Waals surface area contributed by atoms with Gasteiger partial charge in [0.2, 0.25) is 0 Å². The first-order valence-corrected chi connectivity index (χ1v) is 6.78. The molecule has 2 rings (SSSR count). The number of hydrogen-bond donors (Lipinski definition) is 1. The molecule has 0 amide bonds. The topological polar surface area (TPSA) is 31.9 Å². The van der Waals surface area contributed by atoms with E-state index in [1.165, 1.54) is 16.7 Å². The van der Waals surface area contributed by atoms with Crippen molar-refractivity contribution < 1.29 is 0 Å². The summed E-state index contributed by atoms with van der Waals surface area (Å²) in [5.74, 6) is 0. The van der Waals surface area contributed by atoms with Crippen LogP contribution in [0.5, 0.6) is 0 Å². The van der Waals surface area contributed by atoms with Crippen LogP contribution >= 0.6 is 0 Å². The summed E-state index contributed by atoms with van der Waals surface area (Å²) in [6.07, 6.45) is 5.72. The molecule has 0 saturated carbocycles. The summed E-state index contributed by atoms with van der Waals surface area (Å²) in [6, 6.07) is 8.48. The van der Waals surface area contributed by atoms with Gasteiger partial charge in [-0.25, -0.2) is 0 Å². The summed E-state index contributed by atoms with van der Waals surface area (Å²) < 4.78 is 0. The Bertz CT molecular complexity index is 556. The van der Waals surface area contributed by atoms with Crippen molar-refractivity contribution in [2.45, 2.75) is 13.5 Å². The SMILES string of the molecule is C=CCN(CC=C)Cc1cn[nH]c1-c1ccc(C)cc1. The highest BCUT2D eigenvalue weighted by Gasteiger charge is 2.10. The number of hydrogen-bond acceptors (Lipinski definition) is 2. The maximum Gasteiger partial charge on any atom is 0.0695 e. The average Bonchev–Trinajstić information content (AvgIpc) is 2.88. The lowest BCUT2D eigenvalue weighted by Crippen LogP contribution is -2.23. The van der Waals surface area contributed by atoms with E-state index in [0.29, 0.717) is 0 Å². The van der Waals surface area contributed by atoms with Crippen molar-refractivity contribution in [2.24, 2.45) is 0 Å². The van der Waals surface area contributed by atoms with Crippen LogP contribution in [0.4, 0.5) is 0 Å². The first-order valence-electron chi connectivity index (χ1n) is 6.78. The molecule has 104 valence electrons. The zero-order chi connectivity index (χ0) is 14.4. The molecule has 0 spiro atoms. The molecule has 2 aromatic rings. The van der Waals surface area contributed by atoms with Gasteiger partial charge in [0.25, 0.3) is 0 Å². The van der Waals surface area contributed by atoms with Crippen LogP contribution in [0.2, 0.25) is 0 Å². The van der Waals surface area contributed by atoms with Crippen molar-refractivity contribution in [3.8, 4) is 11.3 Å². The van der Waals surface area contributed by atoms with Crippen LogP contribution in [-0.4, -0.2) is 28.2 Å². The molecule has 1 aromatic carbocycles. The van der Waals surface area contributed by atoms with Gasteiger partial charge in [-0.15, -0.1) is 13.2 Å². The molecular formula is C17H21N3. The molecular weight excluding hydrogens is 246 g/mol. The highest BCUT2D eigenvalue weighted by atomic mass is 15.1. The summed E-state index contributed by atoms with van der Waals surface area (Å²) in [5.41, 5.74) is 4.70. The van der Waals surface area contributed by atoms with Gasteiger partial charge in [0.1, 0.15) is 0 Å². The fourth-order valence-electron chi connectivity index (χ4n) is 2.21. The predicted octanol–water partition coefficient (Wildman–Crippen LogP) is 3.56. The van der Waals surface area contributed by atoms with E-state index in [0.717, 1.165) is 25.3 Å². The van der Waals surface area contributed by atoms with Crippen molar-refractivity contribution in [1.29, 1.82) is 0 Å². The molecule has 0 aliphatic rings. The van der Waals surface area contributed by atoms with Crippen LogP contribution < -0.4 is 0 Å². The fraction of sp³-hybridized carbons (Fsp3) is 0.235. The van der Waals surface area contributed by atoms with E-state index < -0.39 is 0 Å². The Morgan fingerprint density at radius 3 is 2.40 bits per heavy atom. The number of aromatic amines is 1. The van der Waals surface area contributed by atoms with E-state index in [1.54, 1.807) is 0 Å². The maximum absolute atomic E-state index is 4.19. The molecule has 20 heavy (non-hydrogen) atoms. The highest BCUT2D eigenvalue weighted by Crippen LogP contribution is 2.22. The quantitative estimate of drug-likeness (QED) is 0.778. The Labute approximate surface area is 120 Å². The van der Waals surface area contributed by atoms with Crippen LogP contribution in [-0.2, 0) is 6.54 Å². The van der Waals surface area contributed by atoms with Gasteiger partial charge in [0.05, 0.1) is 11.9 Å². The Morgan fingerprint density at radius 1 is 1.15 bits per heavy atom. The lowest BCUT2D eigenvalue weighted by molar-refractivity contribution is 0.328. The summed E-state index contributed by atoms with van der Waals surface area (Å²) in [4.78, 5) is 2.27. The molecule has 0 bridgehead atoms. The van der Waals surface area contributed by atoms with E-state index in [9.17, 15) is 0 Å². The van der Waals surface area contributed by atoms with Gasteiger partial charge >= 0.3 is 0 Å². The molecule has 1 heterocycles. The molecule has 3 nitrogen and oxygen atoms in total. The number of nitrogens with one attached hydrogen (secondary N) is 1. The number of H-pyrrole nitrogens is 1. The second-order valence-electron chi connectivity index (χ2n) is 4.91. The number of benzene rings is 1. The van der Waals surface area contributed by atoms with Crippen LogP contribution in [0.3, 0.4) is 0 Å². The van der Waals surface area contributed by atoms with Crippen molar-refractivity contribution in [3.63, 3.8) is 0 Å². The van der Waals surface area contributed by atoms with Crippen molar-refractivity contribution in [2.75, 3.05) is 13.1 Å². The van der Waals surface area contributed by atoms with E-state index in [4.69, 9.17) is 0 Å². The number of aromatic nitrogens is 2. The molecule has 0 saturated heterocycles. The molecule has 3 heteroatoms. The Hall–Kier alpha value is -2.13. The largest absolute Gasteiger partial charge is 0.292 e. The minimum absolute atomic E-state index is 0.831. The van der Waals surface area contributed by atoms with Gasteiger partial charge < -0.3 is 0 Å². The first kappa shape index (κ1) is 14.3. The molecule has 0 radical (unpaired) electrons. The van der Waals surface area contributed by atoms with E-state index in [2.05, 4.69) is 59.4 Å². The minimum atomic E-state index is 0.831. The second kappa shape index (κ2) is 6.87. The van der Waals surface area contributed by atoms with Gasteiger partial charge in [-0.2, -0.15) is 5.10 Å². The van der Waals surface area contributed by atoms with Crippen molar-refractivity contribution in [3.05, 3.63) is 66.9 Å². The third-order valence-electron chi connectivity index (χ3n) is 3.23. The maximum atomic E-state index is 4.19. The second-order valence-corrected chi connectivity index (χ2v) is 4.91. The molecule has 0 unspecified atom stereocenters. The lowest BCUT2D eigenvalue weighted by Gasteiger charge is -2.18. The molecule has 0 aliphatic carbocycles. The Kier molecular flexibility index (Phi) is 4.91. The number of rotatable bonds is 7. The van der Waals surface area contributed by atoms with Crippen molar-refractivity contribution >= 4 is 0 Å². The minimum Gasteiger partial charge on any atom is -0.292 e. The lowest BCUT2D eigenvalue weighted by atomic mass is 10.1. The summed E-state index contributed by atoms with van der Waals surface area (Å²) >= 11 is 0. The molecule has 0 fully saturated rings. The van der Waals surface area contributed by atoms with Gasteiger partial charge in [0, 0.05) is 25.2 Å². The Morgan fingerprint density at radius 2 is 1.80 bits per heavy atom. The first-order chi connectivity index (χ1) is 9.74. The van der Waals surface area contributed by atoms with Crippen LogP contribution in [0.25, 0.3) is 11.3 Å². The van der Waals surface area contributed by atoms with Gasteiger partial charge in [-0.3, -0.25) is 10.00 Å². The summed E-state index contributed by atoms with van der Waals surface area (Å²) in [6.45, 7) is 12.2. The van der Waals surface area contributed by atoms with E-state index in [1.807, 2.05) is 18.3 Å². The molecule has 0 aliphatic heterocycles. The normalized spacial score (nSPS) is 10.7. The monoisotopic (exact) mass is 267 g/mol. The van der Waals surface area contributed by atoms with Crippen molar-refractivity contribution in [1.82, 2.24) is 15.1 Å². The third-order valence-corrected chi connectivity index (χ3v) is 3.23.